The molecule has 2 saturated carbocycles. The lowest BCUT2D eigenvalue weighted by Crippen LogP contribution is -2.27. The molecule has 2 heterocycles. The van der Waals surface area contributed by atoms with E-state index in [0.717, 1.165) is 82.9 Å². The van der Waals surface area contributed by atoms with Gasteiger partial charge in [-0.1, -0.05) is 89.0 Å². The number of carbonyl (C=O) groups excluding carboxylic acids is 4. The topological polar surface area (TPSA) is 314 Å². The summed E-state index contributed by atoms with van der Waals surface area (Å²) in [6.07, 6.45) is 13.1. The summed E-state index contributed by atoms with van der Waals surface area (Å²) in [6.45, 7) is 33.8. The van der Waals surface area contributed by atoms with Crippen LogP contribution in [0.1, 0.15) is 187 Å². The molecule has 0 spiro atoms. The zero-order valence-electron chi connectivity index (χ0n) is 54.5. The number of aliphatic hydroxyl groups excluding tert-OH is 2. The van der Waals surface area contributed by atoms with E-state index in [-0.39, 0.29) is 41.7 Å². The number of ketones is 2. The quantitative estimate of drug-likeness (QED) is 0.0762. The van der Waals surface area contributed by atoms with Crippen LogP contribution in [0.2, 0.25) is 0 Å². The maximum atomic E-state index is 11.1. The minimum Gasteiger partial charge on any atom is -0.394 e. The fourth-order valence-electron chi connectivity index (χ4n) is 5.31. The lowest BCUT2D eigenvalue weighted by Gasteiger charge is -2.16. The van der Waals surface area contributed by atoms with Gasteiger partial charge in [0.2, 0.25) is 41.9 Å². The summed E-state index contributed by atoms with van der Waals surface area (Å²) in [4.78, 5) is 43.7. The molecular formula is C55H123N7O15S3. The summed E-state index contributed by atoms with van der Waals surface area (Å²) in [5.41, 5.74) is 0.439. The van der Waals surface area contributed by atoms with Gasteiger partial charge in [-0.3, -0.25) is 19.2 Å². The first kappa shape index (κ1) is 91.5. The van der Waals surface area contributed by atoms with Crippen LogP contribution in [0.5, 0.6) is 0 Å². The molecule has 2 aliphatic heterocycles. The highest BCUT2D eigenvalue weighted by Gasteiger charge is 2.34. The normalized spacial score (nSPS) is 17.0. The Morgan fingerprint density at radius 2 is 1.27 bits per heavy atom. The largest absolute Gasteiger partial charge is 0.394 e. The summed E-state index contributed by atoms with van der Waals surface area (Å²) < 4.78 is 83.6. The summed E-state index contributed by atoms with van der Waals surface area (Å²) in [5.74, 6) is 2.23. The van der Waals surface area contributed by atoms with Crippen LogP contribution in [0.4, 0.5) is 0 Å². The predicted octanol–water partition coefficient (Wildman–Crippen LogP) is 5.76. The number of aliphatic hydroxyl groups is 2. The molecule has 4 rings (SSSR count). The molecule has 4 aliphatic rings. The molecule has 25 heteroatoms. The fourth-order valence-corrected chi connectivity index (χ4v) is 6.69. The molecule has 0 bridgehead atoms. The third kappa shape index (κ3) is 75.7. The van der Waals surface area contributed by atoms with Crippen molar-refractivity contribution in [2.45, 2.75) is 217 Å². The highest BCUT2D eigenvalue weighted by molar-refractivity contribution is 7.90. The van der Waals surface area contributed by atoms with Gasteiger partial charge in [0, 0.05) is 65.9 Å². The molecule has 80 heavy (non-hydrogen) atoms. The Morgan fingerprint density at radius 3 is 1.45 bits per heavy atom. The van der Waals surface area contributed by atoms with Gasteiger partial charge in [-0.05, 0) is 125 Å². The summed E-state index contributed by atoms with van der Waals surface area (Å²) in [7, 11) is 2.58. The van der Waals surface area contributed by atoms with Crippen LogP contribution in [-0.2, 0) is 63.5 Å². The number of hydrogen-bond donors (Lipinski definition) is 8. The number of ether oxygens (including phenoxy) is 3. The number of hydrogen-bond acceptors (Lipinski definition) is 17. The van der Waals surface area contributed by atoms with E-state index in [1.54, 1.807) is 14.0 Å². The Bertz CT molecular complexity index is 1820. The van der Waals surface area contributed by atoms with Crippen LogP contribution in [0, 0.1) is 17.3 Å². The van der Waals surface area contributed by atoms with E-state index in [1.807, 2.05) is 60.5 Å². The highest BCUT2D eigenvalue weighted by Crippen LogP contribution is 2.32. The zero-order valence-corrected chi connectivity index (χ0v) is 56.9. The first-order valence-electron chi connectivity index (χ1n) is 28.4. The zero-order chi connectivity index (χ0) is 64.4. The molecule has 3 unspecified atom stereocenters. The molecule has 0 aromatic heterocycles. The molecule has 0 radical (unpaired) electrons. The number of Topliss-reactive ketones (excluding diaryl/α,β-unsaturated/α-hetero) is 2. The first-order chi connectivity index (χ1) is 36.8. The standard InChI is InChI=1S/C8H15NO.C8H16O2.C7H12O.C6H15N.C5H10O2.C5H12O2.C4H9NO2S.C4H11N.C3H9NO2S.C3H7NO.C2H7NO2S/c1-3-8(10)9-5-4-7(2)6-9;1-4-5-7-6-9-8(2,3)10-7;1-2-7(8)5-6-3-4-6;1-6(2,3)5-7-4;1-3-5(6)4-7-2;1-2-3-5(7)4-6;1-5-8(6,7)4-2-3-4;1-4(2)5-3;1-3-7(5,6)4-2;1-3(5)4-2;1-3-6(2,4)5/h7H,3-6H2,1-2H3;7H,4-6H2,1-3H3;6H,2-5H2,1H3;7H,5H2,1-4H3;3-4H2,1-2H3;5-7H,2-4H2,1H3;4-5H,2-3H2,1H3;4-5H,1-3H3;4H,3H2,1-2H3;1-2H3,(H,4,5);3H,1-2H3. The number of methoxy groups -OCH3 is 1. The Labute approximate surface area is 489 Å². The second kappa shape index (κ2) is 54.7. The lowest BCUT2D eigenvalue weighted by atomic mass is 9.97. The van der Waals surface area contributed by atoms with E-state index in [4.69, 9.17) is 19.7 Å². The van der Waals surface area contributed by atoms with Crippen molar-refractivity contribution in [2.75, 3.05) is 101 Å². The fraction of sp³-hybridized carbons (Fsp3) is 0.927. The van der Waals surface area contributed by atoms with Gasteiger partial charge in [0.05, 0.1) is 42.7 Å². The van der Waals surface area contributed by atoms with E-state index in [1.165, 1.54) is 60.9 Å². The number of rotatable bonds is 19. The predicted molar refractivity (Wildman–Crippen MR) is 329 cm³/mol. The molecular weight excluding hydrogens is 1090 g/mol. The van der Waals surface area contributed by atoms with E-state index in [0.29, 0.717) is 48.5 Å². The summed E-state index contributed by atoms with van der Waals surface area (Å²) in [5, 5.41) is 25.3. The number of amides is 2. The monoisotopic (exact) mass is 1220 g/mol. The lowest BCUT2D eigenvalue weighted by molar-refractivity contribution is -0.139. The number of nitrogens with one attached hydrogen (secondary N) is 6. The first-order valence-corrected chi connectivity index (χ1v) is 33.5. The Kier molecular flexibility index (Phi) is 62.5. The van der Waals surface area contributed by atoms with E-state index >= 15 is 0 Å². The number of nitrogens with zero attached hydrogens (tertiary/aromatic N) is 1. The van der Waals surface area contributed by atoms with Crippen LogP contribution >= 0.6 is 0 Å². The van der Waals surface area contributed by atoms with E-state index in [2.05, 4.69) is 83.3 Å². The van der Waals surface area contributed by atoms with Crippen LogP contribution in [0.3, 0.4) is 0 Å². The summed E-state index contributed by atoms with van der Waals surface area (Å²) >= 11 is 0. The molecule has 22 nitrogen and oxygen atoms in total. The maximum Gasteiger partial charge on any atom is 0.222 e. The van der Waals surface area contributed by atoms with E-state index in [9.17, 15) is 44.4 Å². The van der Waals surface area contributed by atoms with Crippen LogP contribution in [0.25, 0.3) is 0 Å². The molecule has 4 fully saturated rings. The number of sulfonamides is 3. The maximum absolute atomic E-state index is 11.1. The second-order valence-electron chi connectivity index (χ2n) is 21.2. The molecule has 3 atom stereocenters. The van der Waals surface area contributed by atoms with Crippen molar-refractivity contribution in [3.05, 3.63) is 0 Å². The molecule has 2 aliphatic carbocycles. The van der Waals surface area contributed by atoms with Gasteiger partial charge in [-0.15, -0.1) is 0 Å². The molecule has 0 aromatic carbocycles. The SMILES string of the molecule is CCC(=O)CC1CC1.CCC(=O)COC.CCC(=O)N1CCC(C)C1.CCCC(O)CO.CCCC1COC(C)(C)O1.CCS(=O)(=O)NC.CNC(C)=O.CNC(C)C.CNCC(C)(C)C.CNS(=O)(=O)C1CC1.CNS(C)(=O)=O. The van der Waals surface area contributed by atoms with Crippen molar-refractivity contribution in [1.29, 1.82) is 0 Å². The van der Waals surface area contributed by atoms with Crippen molar-refractivity contribution in [2.24, 2.45) is 17.3 Å². The minimum absolute atomic E-state index is 0.00463. The molecule has 2 saturated heterocycles. The van der Waals surface area contributed by atoms with Gasteiger partial charge in [0.25, 0.3) is 0 Å². The van der Waals surface area contributed by atoms with E-state index < -0.39 is 36.2 Å². The molecule has 486 valence electrons. The van der Waals surface area contributed by atoms with Gasteiger partial charge in [0.15, 0.2) is 11.6 Å². The van der Waals surface area contributed by atoms with Crippen molar-refractivity contribution < 1.29 is 68.9 Å². The Hall–Kier alpha value is -2.27. The Morgan fingerprint density at radius 1 is 0.787 bits per heavy atom. The smallest absolute Gasteiger partial charge is 0.222 e. The molecule has 0 aromatic rings. The van der Waals surface area contributed by atoms with Gasteiger partial charge in [-0.2, -0.15) is 0 Å². The van der Waals surface area contributed by atoms with Crippen LogP contribution in [0.15, 0.2) is 0 Å². The van der Waals surface area contributed by atoms with Crippen LogP contribution < -0.4 is 30.1 Å². The van der Waals surface area contributed by atoms with Crippen molar-refractivity contribution in [3.8, 4) is 0 Å². The Balaban J connectivity index is -0.000000148. The van der Waals surface area contributed by atoms with Gasteiger partial charge < -0.3 is 45.3 Å². The minimum atomic E-state index is -2.91. The summed E-state index contributed by atoms with van der Waals surface area (Å²) in [6, 6.07) is 0.634. The number of likely N-dealkylation sites (tertiary alicyclic amines) is 1. The number of carbonyl (C=O) groups is 4. The average molecular weight is 1220 g/mol. The van der Waals surface area contributed by atoms with Crippen molar-refractivity contribution in [3.63, 3.8) is 0 Å². The van der Waals surface area contributed by atoms with Crippen molar-refractivity contribution >= 4 is 53.5 Å². The van der Waals surface area contributed by atoms with Crippen LogP contribution in [-0.4, -0.2) is 194 Å². The van der Waals surface area contributed by atoms with Gasteiger partial charge in [0.1, 0.15) is 12.4 Å². The van der Waals surface area contributed by atoms with Crippen molar-refractivity contribution in [1.82, 2.24) is 35.0 Å². The third-order valence-electron chi connectivity index (χ3n) is 10.8. The molecule has 8 N–H and O–H groups in total. The second-order valence-corrected chi connectivity index (χ2v) is 27.5. The average Bonchev–Trinajstić information content (AvgIpc) is 4.34. The molecule has 2 amide bonds. The highest BCUT2D eigenvalue weighted by atomic mass is 32.2. The third-order valence-corrected chi connectivity index (χ3v) is 14.9. The van der Waals surface area contributed by atoms with Gasteiger partial charge in [-0.25, -0.2) is 39.4 Å². The van der Waals surface area contributed by atoms with Gasteiger partial charge >= 0.3 is 0 Å².